The molecule has 2 saturated heterocycles. The molecule has 0 saturated carbocycles. The Labute approximate surface area is 362 Å². The summed E-state index contributed by atoms with van der Waals surface area (Å²) in [5.41, 5.74) is -3.74. The fraction of sp³-hybridized carbons (Fsp3) is 0.452. The minimum absolute atomic E-state index is 0.0261. The number of rotatable bonds is 11. The summed E-state index contributed by atoms with van der Waals surface area (Å²) in [5.74, 6) is -4.33. The molecule has 344 valence electrons. The van der Waals surface area contributed by atoms with Gasteiger partial charge >= 0.3 is 12.2 Å². The molecule has 2 amide bonds. The maximum Gasteiger partial charge on any atom is 0.414 e. The summed E-state index contributed by atoms with van der Waals surface area (Å²) in [7, 11) is 1.28. The van der Waals surface area contributed by atoms with Crippen molar-refractivity contribution in [1.29, 1.82) is 0 Å². The van der Waals surface area contributed by atoms with Crippen LogP contribution in [-0.2, 0) is 41.5 Å². The highest BCUT2D eigenvalue weighted by atomic mass is 16.7. The standard InChI is InChI=1S/C42H46N2O20/c1-16-31(48)21(44-40(56)60-15-17-6-8-18(9-7-17)43-41(57)64-39-38(55)37(54)34(51)24(13-45)63-39)10-26(61-16)62-23-12-42(58,25(47)14-46)11-20-28(23)36(53)30-29(33(20)50)32(49)19-4-3-5-22(59-2)27(19)35(30)52/h3-9,16,21,23-24,26,31,34,37-39,45-46,48,50-51,53-55,58H,10-15H2,1-2H3,(H,43,57)(H,44,56)/t16?,21?,23-,24+,26?,31?,34-,37-,38+,39-,42-/m0/s1. The van der Waals surface area contributed by atoms with Crippen LogP contribution in [0.4, 0.5) is 15.3 Å². The van der Waals surface area contributed by atoms with Crippen LogP contribution in [0.1, 0.15) is 74.4 Å². The normalized spacial score (nSPS) is 29.7. The van der Waals surface area contributed by atoms with Gasteiger partial charge in [-0.15, -0.1) is 0 Å². The summed E-state index contributed by atoms with van der Waals surface area (Å²) in [4.78, 5) is 66.2. The Morgan fingerprint density at radius 3 is 2.23 bits per heavy atom. The summed E-state index contributed by atoms with van der Waals surface area (Å²) in [6.45, 7) is -0.676. The van der Waals surface area contributed by atoms with E-state index < -0.39 is 145 Å². The third kappa shape index (κ3) is 8.59. The fourth-order valence-electron chi connectivity index (χ4n) is 8.30. The van der Waals surface area contributed by atoms with Gasteiger partial charge in [0.25, 0.3) is 0 Å². The molecule has 3 aromatic rings. The van der Waals surface area contributed by atoms with Crippen LogP contribution in [0.15, 0.2) is 42.5 Å². The number of phenolic OH excluding ortho intramolecular Hbond substituents is 2. The van der Waals surface area contributed by atoms with Gasteiger partial charge < -0.3 is 79.7 Å². The molecule has 4 unspecified atom stereocenters. The van der Waals surface area contributed by atoms with E-state index in [1.54, 1.807) is 0 Å². The highest BCUT2D eigenvalue weighted by Crippen LogP contribution is 2.52. The van der Waals surface area contributed by atoms with Gasteiger partial charge in [0.2, 0.25) is 12.1 Å². The van der Waals surface area contributed by atoms with Gasteiger partial charge in [-0.3, -0.25) is 19.7 Å². The number of nitrogens with one attached hydrogen (secondary N) is 2. The molecule has 11 N–H and O–H groups in total. The summed E-state index contributed by atoms with van der Waals surface area (Å²) in [6.07, 6.45) is -17.1. The maximum atomic E-state index is 14.0. The molecule has 22 heteroatoms. The number of anilines is 1. The molecule has 0 bridgehead atoms. The van der Waals surface area contributed by atoms with E-state index in [2.05, 4.69) is 10.6 Å². The minimum Gasteiger partial charge on any atom is -0.507 e. The van der Waals surface area contributed by atoms with Crippen molar-refractivity contribution in [2.75, 3.05) is 25.6 Å². The van der Waals surface area contributed by atoms with E-state index >= 15 is 0 Å². The molecule has 2 heterocycles. The number of hydrogen-bond donors (Lipinski definition) is 11. The minimum atomic E-state index is -2.40. The quantitative estimate of drug-likeness (QED) is 0.0831. The Kier molecular flexibility index (Phi) is 13.3. The van der Waals surface area contributed by atoms with Crippen LogP contribution in [0.25, 0.3) is 0 Å². The molecular formula is C42H46N2O20. The fourth-order valence-corrected chi connectivity index (χ4v) is 8.30. The van der Waals surface area contributed by atoms with Crippen molar-refractivity contribution in [2.24, 2.45) is 0 Å². The molecule has 3 aromatic carbocycles. The van der Waals surface area contributed by atoms with Crippen LogP contribution in [0.5, 0.6) is 17.2 Å². The first kappa shape index (κ1) is 46.2. The first-order valence-electron chi connectivity index (χ1n) is 19.9. The van der Waals surface area contributed by atoms with Crippen molar-refractivity contribution in [3.8, 4) is 17.2 Å². The van der Waals surface area contributed by atoms with E-state index in [-0.39, 0.29) is 46.7 Å². The van der Waals surface area contributed by atoms with Crippen molar-refractivity contribution in [3.05, 3.63) is 81.4 Å². The second kappa shape index (κ2) is 18.4. The Morgan fingerprint density at radius 2 is 1.56 bits per heavy atom. The average Bonchev–Trinajstić information content (AvgIpc) is 3.27. The Balaban J connectivity index is 1.03. The van der Waals surface area contributed by atoms with Gasteiger partial charge in [-0.2, -0.15) is 0 Å². The molecule has 2 aliphatic carbocycles. The second-order valence-electron chi connectivity index (χ2n) is 15.7. The molecule has 64 heavy (non-hydrogen) atoms. The molecule has 0 spiro atoms. The first-order valence-corrected chi connectivity index (χ1v) is 19.9. The highest BCUT2D eigenvalue weighted by molar-refractivity contribution is 6.31. The molecular weight excluding hydrogens is 852 g/mol. The van der Waals surface area contributed by atoms with Crippen molar-refractivity contribution in [3.63, 3.8) is 0 Å². The zero-order valence-corrected chi connectivity index (χ0v) is 34.1. The smallest absolute Gasteiger partial charge is 0.414 e. The molecule has 4 aliphatic rings. The summed E-state index contributed by atoms with van der Waals surface area (Å²) in [5, 5.41) is 99.9. The van der Waals surface area contributed by atoms with Gasteiger partial charge in [-0.1, -0.05) is 24.3 Å². The van der Waals surface area contributed by atoms with E-state index in [4.69, 9.17) is 28.4 Å². The number of phenols is 2. The number of carbonyl (C=O) groups excluding carboxylic acids is 5. The number of hydrogen-bond acceptors (Lipinski definition) is 20. The topological polar surface area (TPSA) is 347 Å². The van der Waals surface area contributed by atoms with Gasteiger partial charge in [0.15, 0.2) is 17.9 Å². The van der Waals surface area contributed by atoms with Crippen LogP contribution < -0.4 is 15.4 Å². The van der Waals surface area contributed by atoms with Crippen LogP contribution >= 0.6 is 0 Å². The van der Waals surface area contributed by atoms with Crippen LogP contribution in [0.2, 0.25) is 0 Å². The van der Waals surface area contributed by atoms with Crippen LogP contribution in [0.3, 0.4) is 0 Å². The SMILES string of the molecule is COc1cccc2c1C(=O)c1c(O)c3c(c(O)c1C2=O)C[C@@](O)(C(=O)CO)C[C@@H]3OC1CC(NC(=O)OCc2ccc(NC(=O)O[C@@H]3O[C@H](CO)[C@H](O)[C@H](O)[C@H]3O)cc2)C(O)C(C)O1. The molecule has 0 aromatic heterocycles. The zero-order valence-electron chi connectivity index (χ0n) is 34.1. The maximum absolute atomic E-state index is 14.0. The number of aliphatic hydroxyl groups excluding tert-OH is 6. The summed E-state index contributed by atoms with van der Waals surface area (Å²) in [6, 6.07) is 8.95. The van der Waals surface area contributed by atoms with Gasteiger partial charge in [0.05, 0.1) is 48.7 Å². The number of ketones is 3. The third-order valence-corrected chi connectivity index (χ3v) is 11.7. The van der Waals surface area contributed by atoms with E-state index in [0.29, 0.717) is 5.56 Å². The Morgan fingerprint density at radius 1 is 0.859 bits per heavy atom. The summed E-state index contributed by atoms with van der Waals surface area (Å²) >= 11 is 0. The lowest BCUT2D eigenvalue weighted by molar-refractivity contribution is -0.283. The Hall–Kier alpha value is -5.79. The summed E-state index contributed by atoms with van der Waals surface area (Å²) < 4.78 is 32.9. The molecule has 2 fully saturated rings. The van der Waals surface area contributed by atoms with Crippen molar-refractivity contribution in [1.82, 2.24) is 5.32 Å². The lowest BCUT2D eigenvalue weighted by atomic mass is 9.72. The zero-order chi connectivity index (χ0) is 46.4. The number of fused-ring (bicyclic) bond motifs is 3. The monoisotopic (exact) mass is 898 g/mol. The van der Waals surface area contributed by atoms with E-state index in [9.17, 15) is 69.9 Å². The number of aliphatic hydroxyl groups is 7. The third-order valence-electron chi connectivity index (χ3n) is 11.7. The molecule has 0 radical (unpaired) electrons. The largest absolute Gasteiger partial charge is 0.507 e. The van der Waals surface area contributed by atoms with Gasteiger partial charge in [0, 0.05) is 41.6 Å². The number of carbonyl (C=O) groups is 5. The Bertz CT molecular complexity index is 2320. The number of Topliss-reactive ketones (excluding diaryl/α,β-unsaturated/α-hetero) is 1. The molecule has 2 aliphatic heterocycles. The lowest BCUT2D eigenvalue weighted by Gasteiger charge is -2.42. The molecule has 11 atom stereocenters. The van der Waals surface area contributed by atoms with Crippen molar-refractivity contribution in [2.45, 2.75) is 99.7 Å². The van der Waals surface area contributed by atoms with Gasteiger partial charge in [-0.05, 0) is 30.7 Å². The number of ether oxygens (including phenoxy) is 6. The van der Waals surface area contributed by atoms with Gasteiger partial charge in [0.1, 0.15) is 66.6 Å². The lowest BCUT2D eigenvalue weighted by Crippen LogP contribution is -2.59. The van der Waals surface area contributed by atoms with E-state index in [1.807, 2.05) is 0 Å². The average molecular weight is 899 g/mol. The number of aromatic hydroxyl groups is 2. The molecule has 22 nitrogen and oxygen atoms in total. The second-order valence-corrected chi connectivity index (χ2v) is 15.7. The van der Waals surface area contributed by atoms with Crippen molar-refractivity contribution >= 4 is 35.2 Å². The predicted octanol–water partition coefficient (Wildman–Crippen LogP) is -0.683. The highest BCUT2D eigenvalue weighted by Gasteiger charge is 2.51. The number of amides is 2. The number of methoxy groups -OCH3 is 1. The first-order chi connectivity index (χ1) is 30.4. The number of benzene rings is 3. The van der Waals surface area contributed by atoms with E-state index in [0.717, 1.165) is 0 Å². The number of alkyl carbamates (subject to hydrolysis) is 1. The van der Waals surface area contributed by atoms with Crippen molar-refractivity contribution < 1.29 is 98.4 Å². The molecule has 7 rings (SSSR count). The van der Waals surface area contributed by atoms with Crippen LogP contribution in [-0.4, -0.2) is 157 Å². The van der Waals surface area contributed by atoms with Crippen LogP contribution in [0, 0.1) is 0 Å². The predicted molar refractivity (Wildman–Crippen MR) is 211 cm³/mol. The van der Waals surface area contributed by atoms with Gasteiger partial charge in [-0.25, -0.2) is 9.59 Å². The van der Waals surface area contributed by atoms with E-state index in [1.165, 1.54) is 56.5 Å².